The molecule has 2 aromatic rings. The number of para-hydroxylation sites is 1. The monoisotopic (exact) mass is 254 g/mol. The predicted octanol–water partition coefficient (Wildman–Crippen LogP) is 1.84. The highest BCUT2D eigenvalue weighted by atomic mass is 15.1. The smallest absolute Gasteiger partial charge is 0.188 e. The number of nitrogens with zero attached hydrogens (tertiary/aromatic N) is 2. The molecule has 1 heterocycles. The van der Waals surface area contributed by atoms with Crippen molar-refractivity contribution in [2.24, 2.45) is 10.7 Å². The summed E-state index contributed by atoms with van der Waals surface area (Å²) in [5.41, 5.74) is 8.10. The number of rotatable bonds is 4. The zero-order chi connectivity index (χ0) is 13.1. The fourth-order valence-electron chi connectivity index (χ4n) is 2.15. The topological polar surface area (TPSA) is 63.3 Å². The first-order valence-corrected chi connectivity index (χ1v) is 6.72. The van der Waals surface area contributed by atoms with Gasteiger partial charge in [0.2, 0.25) is 0 Å². The first-order valence-electron chi connectivity index (χ1n) is 6.72. The highest BCUT2D eigenvalue weighted by Crippen LogP contribution is 2.18. The van der Waals surface area contributed by atoms with Gasteiger partial charge in [-0.2, -0.15) is 0 Å². The molecule has 4 nitrogen and oxygen atoms in total. The van der Waals surface area contributed by atoms with Crippen LogP contribution in [0.1, 0.15) is 18.4 Å². The molecule has 1 aliphatic rings. The van der Waals surface area contributed by atoms with Gasteiger partial charge in [-0.15, -0.1) is 0 Å². The van der Waals surface area contributed by atoms with Crippen LogP contribution < -0.4 is 11.1 Å². The summed E-state index contributed by atoms with van der Waals surface area (Å²) in [5, 5.41) is 4.36. The molecule has 0 aliphatic heterocycles. The molecular weight excluding hydrogens is 236 g/mol. The molecular formula is C15H18N4. The minimum absolute atomic E-state index is 0.558. The van der Waals surface area contributed by atoms with Crippen LogP contribution in [0.25, 0.3) is 10.9 Å². The van der Waals surface area contributed by atoms with Crippen LogP contribution >= 0.6 is 0 Å². The molecule has 19 heavy (non-hydrogen) atoms. The molecule has 0 radical (unpaired) electrons. The zero-order valence-electron chi connectivity index (χ0n) is 10.8. The van der Waals surface area contributed by atoms with Crippen molar-refractivity contribution in [3.63, 3.8) is 0 Å². The Morgan fingerprint density at radius 2 is 2.16 bits per heavy atom. The van der Waals surface area contributed by atoms with E-state index >= 15 is 0 Å². The van der Waals surface area contributed by atoms with Gasteiger partial charge in [0.25, 0.3) is 0 Å². The maximum absolute atomic E-state index is 5.81. The molecule has 3 rings (SSSR count). The highest BCUT2D eigenvalue weighted by Gasteiger charge is 2.21. The van der Waals surface area contributed by atoms with E-state index in [2.05, 4.69) is 39.6 Å². The van der Waals surface area contributed by atoms with Crippen molar-refractivity contribution in [1.82, 2.24) is 10.3 Å². The fourth-order valence-corrected chi connectivity index (χ4v) is 2.15. The number of hydrogen-bond acceptors (Lipinski definition) is 2. The molecule has 0 unspecified atom stereocenters. The van der Waals surface area contributed by atoms with Crippen molar-refractivity contribution in [2.75, 3.05) is 6.54 Å². The van der Waals surface area contributed by atoms with Crippen molar-refractivity contribution in [3.8, 4) is 0 Å². The number of aliphatic imine (C=N–C) groups is 1. The van der Waals surface area contributed by atoms with Gasteiger partial charge in [-0.3, -0.25) is 9.98 Å². The van der Waals surface area contributed by atoms with Crippen LogP contribution in [0.4, 0.5) is 0 Å². The summed E-state index contributed by atoms with van der Waals surface area (Å²) >= 11 is 0. The van der Waals surface area contributed by atoms with Crippen molar-refractivity contribution in [2.45, 2.75) is 25.3 Å². The number of benzene rings is 1. The minimum atomic E-state index is 0.558. The van der Waals surface area contributed by atoms with Crippen LogP contribution in [0.2, 0.25) is 0 Å². The molecule has 1 aromatic heterocycles. The first kappa shape index (κ1) is 12.0. The van der Waals surface area contributed by atoms with Gasteiger partial charge in [0.15, 0.2) is 5.96 Å². The average Bonchev–Trinajstić information content (AvgIpc) is 3.23. The van der Waals surface area contributed by atoms with Crippen LogP contribution in [-0.4, -0.2) is 23.5 Å². The standard InChI is InChI=1S/C15H18N4/c16-15(19-13-6-7-13)18-10-8-12-4-1-3-11-5-2-9-17-14(11)12/h1-5,9,13H,6-8,10H2,(H3,16,18,19). The number of pyridine rings is 1. The zero-order valence-corrected chi connectivity index (χ0v) is 10.8. The number of aromatic nitrogens is 1. The van der Waals surface area contributed by atoms with Crippen molar-refractivity contribution in [1.29, 1.82) is 0 Å². The molecule has 3 N–H and O–H groups in total. The van der Waals surface area contributed by atoms with E-state index in [1.807, 2.05) is 12.3 Å². The third-order valence-corrected chi connectivity index (χ3v) is 3.31. The normalized spacial score (nSPS) is 15.7. The first-order chi connectivity index (χ1) is 9.33. The molecule has 0 amide bonds. The van der Waals surface area contributed by atoms with Crippen LogP contribution in [-0.2, 0) is 6.42 Å². The van der Waals surface area contributed by atoms with Crippen molar-refractivity contribution in [3.05, 3.63) is 42.1 Å². The molecule has 1 aromatic carbocycles. The van der Waals surface area contributed by atoms with Crippen molar-refractivity contribution >= 4 is 16.9 Å². The third-order valence-electron chi connectivity index (χ3n) is 3.31. The van der Waals surface area contributed by atoms with Crippen LogP contribution in [0.5, 0.6) is 0 Å². The lowest BCUT2D eigenvalue weighted by Crippen LogP contribution is -2.33. The lowest BCUT2D eigenvalue weighted by molar-refractivity contribution is 0.871. The molecule has 0 spiro atoms. The molecule has 1 aliphatic carbocycles. The summed E-state index contributed by atoms with van der Waals surface area (Å²) in [4.78, 5) is 8.80. The van der Waals surface area contributed by atoms with Crippen LogP contribution in [0, 0.1) is 0 Å². The SMILES string of the molecule is NC(=NCCc1cccc2cccnc12)NC1CC1. The Hall–Kier alpha value is -2.10. The molecule has 0 atom stereocenters. The van der Waals surface area contributed by atoms with E-state index in [0.29, 0.717) is 18.5 Å². The molecule has 4 heteroatoms. The van der Waals surface area contributed by atoms with Gasteiger partial charge >= 0.3 is 0 Å². The maximum atomic E-state index is 5.81. The summed E-state index contributed by atoms with van der Waals surface area (Å²) in [5.74, 6) is 0.565. The largest absolute Gasteiger partial charge is 0.370 e. The van der Waals surface area contributed by atoms with E-state index in [9.17, 15) is 0 Å². The van der Waals surface area contributed by atoms with Gasteiger partial charge in [-0.05, 0) is 30.9 Å². The average molecular weight is 254 g/mol. The van der Waals surface area contributed by atoms with E-state index < -0.39 is 0 Å². The Morgan fingerprint density at radius 3 is 3.00 bits per heavy atom. The lowest BCUT2D eigenvalue weighted by atomic mass is 10.1. The van der Waals surface area contributed by atoms with Gasteiger partial charge in [0.05, 0.1) is 5.52 Å². The summed E-state index contributed by atoms with van der Waals surface area (Å²) in [6, 6.07) is 10.9. The quantitative estimate of drug-likeness (QED) is 0.646. The Kier molecular flexibility index (Phi) is 3.31. The maximum Gasteiger partial charge on any atom is 0.188 e. The Morgan fingerprint density at radius 1 is 1.32 bits per heavy atom. The summed E-state index contributed by atoms with van der Waals surface area (Å²) in [6.45, 7) is 0.696. The Labute approximate surface area is 112 Å². The van der Waals surface area contributed by atoms with Gasteiger partial charge in [-0.1, -0.05) is 24.3 Å². The molecule has 1 fully saturated rings. The number of hydrogen-bond donors (Lipinski definition) is 2. The van der Waals surface area contributed by atoms with Crippen LogP contribution in [0.15, 0.2) is 41.5 Å². The molecule has 1 saturated carbocycles. The van der Waals surface area contributed by atoms with Gasteiger partial charge in [0, 0.05) is 24.2 Å². The fraction of sp³-hybridized carbons (Fsp3) is 0.333. The number of nitrogens with two attached hydrogens (primary N) is 1. The van der Waals surface area contributed by atoms with E-state index in [0.717, 1.165) is 11.9 Å². The molecule has 0 saturated heterocycles. The Bertz CT molecular complexity index is 597. The van der Waals surface area contributed by atoms with Gasteiger partial charge in [0.1, 0.15) is 0 Å². The second-order valence-electron chi connectivity index (χ2n) is 4.93. The predicted molar refractivity (Wildman–Crippen MR) is 78.1 cm³/mol. The number of guanidine groups is 1. The molecule has 98 valence electrons. The van der Waals surface area contributed by atoms with Crippen molar-refractivity contribution < 1.29 is 0 Å². The second-order valence-corrected chi connectivity index (χ2v) is 4.93. The van der Waals surface area contributed by atoms with Gasteiger partial charge in [-0.25, -0.2) is 0 Å². The van der Waals surface area contributed by atoms with E-state index in [1.54, 1.807) is 0 Å². The third kappa shape index (κ3) is 3.02. The van der Waals surface area contributed by atoms with Gasteiger partial charge < -0.3 is 11.1 Å². The Balaban J connectivity index is 1.67. The van der Waals surface area contributed by atoms with E-state index in [1.165, 1.54) is 23.8 Å². The summed E-state index contributed by atoms with van der Waals surface area (Å²) in [7, 11) is 0. The lowest BCUT2D eigenvalue weighted by Gasteiger charge is -2.05. The molecule has 0 bridgehead atoms. The second kappa shape index (κ2) is 5.26. The van der Waals surface area contributed by atoms with Crippen LogP contribution in [0.3, 0.4) is 0 Å². The summed E-state index contributed by atoms with van der Waals surface area (Å²) < 4.78 is 0. The number of nitrogens with one attached hydrogen (secondary N) is 1. The minimum Gasteiger partial charge on any atom is -0.370 e. The van der Waals surface area contributed by atoms with E-state index in [4.69, 9.17) is 5.73 Å². The number of fused-ring (bicyclic) bond motifs is 1. The van der Waals surface area contributed by atoms with E-state index in [-0.39, 0.29) is 0 Å². The highest BCUT2D eigenvalue weighted by molar-refractivity contribution is 5.81. The summed E-state index contributed by atoms with van der Waals surface area (Å²) in [6.07, 6.45) is 5.12.